The van der Waals surface area contributed by atoms with Crippen molar-refractivity contribution in [3.8, 4) is 6.07 Å². The van der Waals surface area contributed by atoms with E-state index < -0.39 is 5.97 Å². The van der Waals surface area contributed by atoms with Crippen molar-refractivity contribution in [2.75, 3.05) is 26.2 Å². The smallest absolute Gasteiger partial charge is 0.358 e. The summed E-state index contributed by atoms with van der Waals surface area (Å²) in [6.45, 7) is 3.09. The van der Waals surface area contributed by atoms with Gasteiger partial charge in [-0.25, -0.2) is 4.79 Å². The molecule has 8 nitrogen and oxygen atoms in total. The fourth-order valence-electron chi connectivity index (χ4n) is 1.73. The molecule has 1 fully saturated rings. The fourth-order valence-corrected chi connectivity index (χ4v) is 1.73. The Labute approximate surface area is 103 Å². The summed E-state index contributed by atoms with van der Waals surface area (Å²) in [4.78, 5) is 12.7. The Balaban J connectivity index is 1.83. The number of carboxylic acids is 1. The maximum Gasteiger partial charge on any atom is 0.358 e. The predicted molar refractivity (Wildman–Crippen MR) is 58.8 cm³/mol. The fraction of sp³-hybridized carbons (Fsp3) is 0.600. The van der Waals surface area contributed by atoms with Gasteiger partial charge in [-0.2, -0.15) is 5.26 Å². The van der Waals surface area contributed by atoms with Crippen molar-refractivity contribution in [3.05, 3.63) is 11.9 Å². The number of ether oxygens (including phenoxy) is 1. The molecule has 96 valence electrons. The number of hydrogen-bond donors (Lipinski definition) is 1. The van der Waals surface area contributed by atoms with E-state index in [4.69, 9.17) is 15.1 Å². The molecule has 1 atom stereocenters. The summed E-state index contributed by atoms with van der Waals surface area (Å²) in [5.74, 6) is -1.09. The van der Waals surface area contributed by atoms with Gasteiger partial charge in [0.25, 0.3) is 0 Å². The normalized spacial score (nSPS) is 20.5. The highest BCUT2D eigenvalue weighted by atomic mass is 16.5. The molecule has 1 unspecified atom stereocenters. The zero-order valence-corrected chi connectivity index (χ0v) is 9.69. The molecule has 0 aromatic carbocycles. The van der Waals surface area contributed by atoms with Crippen LogP contribution in [0.5, 0.6) is 0 Å². The molecule has 2 heterocycles. The third-order valence-electron chi connectivity index (χ3n) is 2.70. The highest BCUT2D eigenvalue weighted by Gasteiger charge is 2.19. The van der Waals surface area contributed by atoms with Gasteiger partial charge in [0.1, 0.15) is 0 Å². The van der Waals surface area contributed by atoms with Crippen molar-refractivity contribution in [1.82, 2.24) is 19.9 Å². The van der Waals surface area contributed by atoms with Crippen molar-refractivity contribution in [3.63, 3.8) is 0 Å². The van der Waals surface area contributed by atoms with Gasteiger partial charge in [0.2, 0.25) is 0 Å². The highest BCUT2D eigenvalue weighted by molar-refractivity contribution is 5.84. The molecule has 0 amide bonds. The Hall–Kier alpha value is -1.98. The molecule has 0 bridgehead atoms. The van der Waals surface area contributed by atoms with Crippen LogP contribution in [0.4, 0.5) is 0 Å². The summed E-state index contributed by atoms with van der Waals surface area (Å²) in [6.07, 6.45) is 1.01. The summed E-state index contributed by atoms with van der Waals surface area (Å²) in [7, 11) is 0. The van der Waals surface area contributed by atoms with E-state index in [9.17, 15) is 4.79 Å². The summed E-state index contributed by atoms with van der Waals surface area (Å²) in [5, 5.41) is 24.7. The zero-order valence-electron chi connectivity index (χ0n) is 9.69. The largest absolute Gasteiger partial charge is 0.476 e. The van der Waals surface area contributed by atoms with Gasteiger partial charge in [-0.05, 0) is 0 Å². The first-order valence-corrected chi connectivity index (χ1v) is 5.56. The lowest BCUT2D eigenvalue weighted by Gasteiger charge is -2.29. The lowest BCUT2D eigenvalue weighted by atomic mass is 10.3. The van der Waals surface area contributed by atoms with Crippen LogP contribution in [0.2, 0.25) is 0 Å². The maximum absolute atomic E-state index is 10.6. The molecule has 8 heteroatoms. The Morgan fingerprint density at radius 1 is 1.67 bits per heavy atom. The van der Waals surface area contributed by atoms with Crippen LogP contribution in [0.15, 0.2) is 6.20 Å². The van der Waals surface area contributed by atoms with Gasteiger partial charge in [0.15, 0.2) is 11.8 Å². The highest BCUT2D eigenvalue weighted by Crippen LogP contribution is 2.04. The standard InChI is InChI=1S/C10H13N5O3/c11-5-8-6-14(3-4-18-8)1-2-15-7-9(10(16)17)12-13-15/h7-8H,1-4,6H2,(H,16,17). The molecule has 1 N–H and O–H groups in total. The molecule has 0 spiro atoms. The first kappa shape index (κ1) is 12.5. The number of rotatable bonds is 4. The number of morpholine rings is 1. The van der Waals surface area contributed by atoms with Crippen LogP contribution in [-0.4, -0.2) is 63.3 Å². The van der Waals surface area contributed by atoms with Crippen LogP contribution in [0.1, 0.15) is 10.5 Å². The molecule has 1 aliphatic rings. The van der Waals surface area contributed by atoms with Crippen LogP contribution in [-0.2, 0) is 11.3 Å². The summed E-state index contributed by atoms with van der Waals surface area (Å²) in [5.41, 5.74) is -0.0631. The van der Waals surface area contributed by atoms with Gasteiger partial charge >= 0.3 is 5.97 Å². The molecule has 1 aromatic heterocycles. The lowest BCUT2D eigenvalue weighted by Crippen LogP contribution is -2.43. The van der Waals surface area contributed by atoms with Gasteiger partial charge in [0, 0.05) is 19.6 Å². The van der Waals surface area contributed by atoms with E-state index >= 15 is 0 Å². The minimum atomic E-state index is -1.09. The van der Waals surface area contributed by atoms with E-state index in [1.165, 1.54) is 10.9 Å². The van der Waals surface area contributed by atoms with E-state index in [-0.39, 0.29) is 11.8 Å². The topological polar surface area (TPSA) is 104 Å². The monoisotopic (exact) mass is 251 g/mol. The average Bonchev–Trinajstić information content (AvgIpc) is 2.85. The number of nitrogens with zero attached hydrogens (tertiary/aromatic N) is 5. The summed E-state index contributed by atoms with van der Waals surface area (Å²) < 4.78 is 6.72. The third kappa shape index (κ3) is 3.03. The van der Waals surface area contributed by atoms with Gasteiger partial charge < -0.3 is 9.84 Å². The summed E-state index contributed by atoms with van der Waals surface area (Å²) in [6, 6.07) is 2.07. The van der Waals surface area contributed by atoms with E-state index in [0.717, 1.165) is 6.54 Å². The Kier molecular flexibility index (Phi) is 3.86. The Bertz CT molecular complexity index is 466. The van der Waals surface area contributed by atoms with Gasteiger partial charge in [-0.3, -0.25) is 9.58 Å². The molecule has 1 aromatic rings. The quantitative estimate of drug-likeness (QED) is 0.747. The number of nitriles is 1. The first-order chi connectivity index (χ1) is 8.69. The van der Waals surface area contributed by atoms with E-state index in [1.54, 1.807) is 0 Å². The molecule has 2 rings (SSSR count). The van der Waals surface area contributed by atoms with Gasteiger partial charge in [-0.15, -0.1) is 5.10 Å². The van der Waals surface area contributed by atoms with E-state index in [2.05, 4.69) is 21.3 Å². The second-order valence-corrected chi connectivity index (χ2v) is 3.96. The van der Waals surface area contributed by atoms with Gasteiger partial charge in [-0.1, -0.05) is 5.21 Å². The number of aromatic nitrogens is 3. The first-order valence-electron chi connectivity index (χ1n) is 5.56. The SMILES string of the molecule is N#CC1CN(CCn2cc(C(=O)O)nn2)CCO1. The van der Waals surface area contributed by atoms with Crippen LogP contribution in [0, 0.1) is 11.3 Å². The van der Waals surface area contributed by atoms with E-state index in [1.807, 2.05) is 0 Å². The second kappa shape index (κ2) is 5.57. The van der Waals surface area contributed by atoms with E-state index in [0.29, 0.717) is 26.2 Å². The van der Waals surface area contributed by atoms with Crippen molar-refractivity contribution >= 4 is 5.97 Å². The van der Waals surface area contributed by atoms with Crippen molar-refractivity contribution in [2.24, 2.45) is 0 Å². The van der Waals surface area contributed by atoms with Crippen LogP contribution in [0.3, 0.4) is 0 Å². The number of carbonyl (C=O) groups is 1. The number of hydrogen-bond acceptors (Lipinski definition) is 6. The minimum Gasteiger partial charge on any atom is -0.476 e. The molecule has 0 saturated carbocycles. The molecule has 1 saturated heterocycles. The van der Waals surface area contributed by atoms with Crippen molar-refractivity contribution < 1.29 is 14.6 Å². The van der Waals surface area contributed by atoms with Gasteiger partial charge in [0.05, 0.1) is 25.4 Å². The zero-order chi connectivity index (χ0) is 13.0. The summed E-state index contributed by atoms with van der Waals surface area (Å²) >= 11 is 0. The van der Waals surface area contributed by atoms with Crippen LogP contribution < -0.4 is 0 Å². The van der Waals surface area contributed by atoms with Crippen LogP contribution >= 0.6 is 0 Å². The maximum atomic E-state index is 10.6. The molecule has 1 aliphatic heterocycles. The third-order valence-corrected chi connectivity index (χ3v) is 2.70. The molecule has 0 radical (unpaired) electrons. The number of carboxylic acid groups (broad SMARTS) is 1. The number of aromatic carboxylic acids is 1. The van der Waals surface area contributed by atoms with Crippen LogP contribution in [0.25, 0.3) is 0 Å². The Morgan fingerprint density at radius 2 is 2.50 bits per heavy atom. The molecule has 18 heavy (non-hydrogen) atoms. The minimum absolute atomic E-state index is 0.0631. The average molecular weight is 251 g/mol. The Morgan fingerprint density at radius 3 is 3.17 bits per heavy atom. The molecular weight excluding hydrogens is 238 g/mol. The molecular formula is C10H13N5O3. The molecule has 0 aliphatic carbocycles. The predicted octanol–water partition coefficient (Wildman–Crippen LogP) is -0.799. The van der Waals surface area contributed by atoms with Crippen molar-refractivity contribution in [1.29, 1.82) is 5.26 Å². The second-order valence-electron chi connectivity index (χ2n) is 3.96. The van der Waals surface area contributed by atoms with Crippen molar-refractivity contribution in [2.45, 2.75) is 12.6 Å². The lowest BCUT2D eigenvalue weighted by molar-refractivity contribution is -0.000897.